The van der Waals surface area contributed by atoms with Crippen LogP contribution in [0.1, 0.15) is 15.9 Å². The van der Waals surface area contributed by atoms with Gasteiger partial charge in [0.25, 0.3) is 0 Å². The second kappa shape index (κ2) is 7.44. The summed E-state index contributed by atoms with van der Waals surface area (Å²) in [7, 11) is 1.46. The van der Waals surface area contributed by atoms with Crippen LogP contribution in [-0.2, 0) is 6.54 Å². The summed E-state index contributed by atoms with van der Waals surface area (Å²) in [5.74, 6) is 0.144. The van der Waals surface area contributed by atoms with Crippen molar-refractivity contribution in [1.82, 2.24) is 9.97 Å². The smallest absolute Gasteiger partial charge is 0.339 e. The molecule has 1 aromatic heterocycles. The van der Waals surface area contributed by atoms with Gasteiger partial charge in [-0.2, -0.15) is 0 Å². The van der Waals surface area contributed by atoms with Gasteiger partial charge in [-0.1, -0.05) is 30.3 Å². The predicted molar refractivity (Wildman–Crippen MR) is 109 cm³/mol. The molecule has 28 heavy (non-hydrogen) atoms. The molecule has 0 saturated heterocycles. The number of nitrogens with zero attached hydrogens (tertiary/aromatic N) is 1. The summed E-state index contributed by atoms with van der Waals surface area (Å²) in [6.07, 6.45) is 0. The molecule has 4 rings (SSSR count). The number of anilines is 1. The van der Waals surface area contributed by atoms with E-state index < -0.39 is 5.97 Å². The molecule has 6 heteroatoms. The Labute approximate surface area is 161 Å². The number of H-pyrrole nitrogens is 1. The Morgan fingerprint density at radius 2 is 1.96 bits per heavy atom. The highest BCUT2D eigenvalue weighted by molar-refractivity contribution is 5.91. The fourth-order valence-corrected chi connectivity index (χ4v) is 3.10. The number of aromatic nitrogens is 2. The minimum absolute atomic E-state index is 0.139. The number of hydrogen-bond acceptors (Lipinski definition) is 4. The highest BCUT2D eigenvalue weighted by Gasteiger charge is 2.11. The molecule has 0 unspecified atom stereocenters. The van der Waals surface area contributed by atoms with Crippen molar-refractivity contribution < 1.29 is 14.6 Å². The van der Waals surface area contributed by atoms with E-state index in [1.165, 1.54) is 13.2 Å². The molecule has 0 radical (unpaired) electrons. The van der Waals surface area contributed by atoms with Gasteiger partial charge < -0.3 is 20.1 Å². The van der Waals surface area contributed by atoms with E-state index in [9.17, 15) is 9.90 Å². The lowest BCUT2D eigenvalue weighted by atomic mass is 10.1. The number of benzene rings is 3. The summed E-state index contributed by atoms with van der Waals surface area (Å²) in [5, 5.41) is 12.5. The van der Waals surface area contributed by atoms with Crippen LogP contribution in [0.25, 0.3) is 22.4 Å². The molecule has 6 nitrogen and oxygen atoms in total. The number of para-hydroxylation sites is 2. The molecule has 140 valence electrons. The number of rotatable bonds is 6. The van der Waals surface area contributed by atoms with Crippen molar-refractivity contribution in [2.45, 2.75) is 6.54 Å². The number of nitrogens with one attached hydrogen (secondary N) is 2. The van der Waals surface area contributed by atoms with Gasteiger partial charge in [-0.05, 0) is 35.9 Å². The fraction of sp³-hybridized carbons (Fsp3) is 0.0909. The zero-order chi connectivity index (χ0) is 19.5. The minimum Gasteiger partial charge on any atom is -0.496 e. The van der Waals surface area contributed by atoms with Crippen molar-refractivity contribution >= 4 is 22.7 Å². The van der Waals surface area contributed by atoms with Crippen LogP contribution in [-0.4, -0.2) is 28.2 Å². The summed E-state index contributed by atoms with van der Waals surface area (Å²) in [6.45, 7) is 0.587. The van der Waals surface area contributed by atoms with Gasteiger partial charge in [-0.15, -0.1) is 0 Å². The van der Waals surface area contributed by atoms with E-state index in [-0.39, 0.29) is 5.56 Å². The minimum atomic E-state index is -1.01. The molecule has 0 fully saturated rings. The lowest BCUT2D eigenvalue weighted by Crippen LogP contribution is -2.03. The third kappa shape index (κ3) is 3.53. The molecule has 4 aromatic rings. The molecular weight excluding hydrogens is 354 g/mol. The van der Waals surface area contributed by atoms with E-state index in [0.717, 1.165) is 33.7 Å². The summed E-state index contributed by atoms with van der Waals surface area (Å²) in [5.41, 5.74) is 4.96. The first-order valence-electron chi connectivity index (χ1n) is 8.83. The van der Waals surface area contributed by atoms with Gasteiger partial charge in [0.15, 0.2) is 0 Å². The Morgan fingerprint density at radius 1 is 1.11 bits per heavy atom. The van der Waals surface area contributed by atoms with Gasteiger partial charge in [0.2, 0.25) is 0 Å². The van der Waals surface area contributed by atoms with Crippen LogP contribution in [0.5, 0.6) is 5.75 Å². The van der Waals surface area contributed by atoms with Crippen LogP contribution in [0.15, 0.2) is 66.7 Å². The number of aromatic amines is 1. The Balaban J connectivity index is 1.53. The maximum Gasteiger partial charge on any atom is 0.339 e. The zero-order valence-corrected chi connectivity index (χ0v) is 15.3. The summed E-state index contributed by atoms with van der Waals surface area (Å²) in [4.78, 5) is 19.2. The number of carboxylic acids is 1. The average Bonchev–Trinajstić information content (AvgIpc) is 3.16. The van der Waals surface area contributed by atoms with Crippen LogP contribution in [0, 0.1) is 0 Å². The maximum atomic E-state index is 11.2. The van der Waals surface area contributed by atoms with E-state index in [4.69, 9.17) is 4.74 Å². The number of methoxy groups -OCH3 is 1. The molecule has 0 aliphatic rings. The van der Waals surface area contributed by atoms with Crippen LogP contribution in [0.3, 0.4) is 0 Å². The first-order chi connectivity index (χ1) is 13.6. The molecule has 0 saturated carbocycles. The lowest BCUT2D eigenvalue weighted by molar-refractivity contribution is 0.0693. The Morgan fingerprint density at radius 3 is 2.75 bits per heavy atom. The van der Waals surface area contributed by atoms with Crippen molar-refractivity contribution in [3.8, 4) is 17.1 Å². The number of carboxylic acid groups (broad SMARTS) is 1. The van der Waals surface area contributed by atoms with Crippen molar-refractivity contribution in [1.29, 1.82) is 0 Å². The molecule has 3 aromatic carbocycles. The molecule has 0 bridgehead atoms. The molecule has 1 heterocycles. The number of fused-ring (bicyclic) bond motifs is 1. The van der Waals surface area contributed by atoms with Gasteiger partial charge in [0.1, 0.15) is 17.1 Å². The highest BCUT2D eigenvalue weighted by atomic mass is 16.5. The summed E-state index contributed by atoms with van der Waals surface area (Å²) in [6, 6.07) is 21.0. The van der Waals surface area contributed by atoms with Crippen molar-refractivity contribution in [3.05, 3.63) is 77.9 Å². The number of imidazole rings is 1. The number of hydrogen-bond donors (Lipinski definition) is 3. The first-order valence-corrected chi connectivity index (χ1v) is 8.83. The van der Waals surface area contributed by atoms with Gasteiger partial charge in [-0.25, -0.2) is 9.78 Å². The van der Waals surface area contributed by atoms with Gasteiger partial charge in [0.05, 0.1) is 18.1 Å². The van der Waals surface area contributed by atoms with Crippen molar-refractivity contribution in [2.24, 2.45) is 0 Å². The second-order valence-electron chi connectivity index (χ2n) is 6.38. The molecule has 0 spiro atoms. The van der Waals surface area contributed by atoms with Gasteiger partial charge >= 0.3 is 5.97 Å². The zero-order valence-electron chi connectivity index (χ0n) is 15.3. The summed E-state index contributed by atoms with van der Waals surface area (Å²) < 4.78 is 5.17. The lowest BCUT2D eigenvalue weighted by Gasteiger charge is -2.11. The van der Waals surface area contributed by atoms with Gasteiger partial charge in [-0.3, -0.25) is 0 Å². The second-order valence-corrected chi connectivity index (χ2v) is 6.38. The quantitative estimate of drug-likeness (QED) is 0.462. The van der Waals surface area contributed by atoms with Crippen molar-refractivity contribution in [3.63, 3.8) is 0 Å². The molecule has 0 amide bonds. The molecule has 0 atom stereocenters. The fourth-order valence-electron chi connectivity index (χ4n) is 3.10. The average molecular weight is 373 g/mol. The normalized spacial score (nSPS) is 10.8. The number of ether oxygens (including phenoxy) is 1. The van der Waals surface area contributed by atoms with Gasteiger partial charge in [0, 0.05) is 23.9 Å². The van der Waals surface area contributed by atoms with Crippen LogP contribution < -0.4 is 10.1 Å². The SMILES string of the molecule is COc1cc(NCc2cccc(-c3nc4ccccc4[nH]3)c2)ccc1C(=O)O. The largest absolute Gasteiger partial charge is 0.496 e. The Kier molecular flexibility index (Phi) is 4.68. The molecule has 3 N–H and O–H groups in total. The van der Waals surface area contributed by atoms with E-state index >= 15 is 0 Å². The molecule has 0 aliphatic heterocycles. The first kappa shape index (κ1) is 17.6. The van der Waals surface area contributed by atoms with Crippen LogP contribution >= 0.6 is 0 Å². The van der Waals surface area contributed by atoms with E-state index in [1.807, 2.05) is 42.5 Å². The topological polar surface area (TPSA) is 87.2 Å². The predicted octanol–water partition coefficient (Wildman–Crippen LogP) is 4.55. The Hall–Kier alpha value is -3.80. The third-order valence-corrected chi connectivity index (χ3v) is 4.52. The molecule has 0 aliphatic carbocycles. The molecular formula is C22H19N3O3. The van der Waals surface area contributed by atoms with E-state index in [2.05, 4.69) is 21.4 Å². The highest BCUT2D eigenvalue weighted by Crippen LogP contribution is 2.25. The number of carbonyl (C=O) groups is 1. The third-order valence-electron chi connectivity index (χ3n) is 4.52. The maximum absolute atomic E-state index is 11.2. The van der Waals surface area contributed by atoms with E-state index in [1.54, 1.807) is 12.1 Å². The van der Waals surface area contributed by atoms with Crippen molar-refractivity contribution in [2.75, 3.05) is 12.4 Å². The van der Waals surface area contributed by atoms with Crippen LogP contribution in [0.2, 0.25) is 0 Å². The van der Waals surface area contributed by atoms with Crippen LogP contribution in [0.4, 0.5) is 5.69 Å². The van der Waals surface area contributed by atoms with E-state index in [0.29, 0.717) is 12.3 Å². The summed E-state index contributed by atoms with van der Waals surface area (Å²) >= 11 is 0. The standard InChI is InChI=1S/C22H19N3O3/c1-28-20-12-16(9-10-17(20)22(26)27)23-13-14-5-4-6-15(11-14)21-24-18-7-2-3-8-19(18)25-21/h2-12,23H,13H2,1H3,(H,24,25)(H,26,27). The number of aromatic carboxylic acids is 1. The monoisotopic (exact) mass is 373 g/mol. The Bertz CT molecular complexity index is 1120.